The fraction of sp³-hybridized carbons (Fsp3) is 0.308. The second kappa shape index (κ2) is 8.87. The molecule has 1 unspecified atom stereocenters. The molecule has 34 heavy (non-hydrogen) atoms. The van der Waals surface area contributed by atoms with Crippen LogP contribution in [0.5, 0.6) is 5.75 Å². The molecule has 2 N–H and O–H groups in total. The number of benzene rings is 1. The van der Waals surface area contributed by atoms with E-state index in [-0.39, 0.29) is 0 Å². The predicted octanol–water partition coefficient (Wildman–Crippen LogP) is 4.03. The summed E-state index contributed by atoms with van der Waals surface area (Å²) < 4.78 is 5.67. The van der Waals surface area contributed by atoms with Crippen molar-refractivity contribution in [2.75, 3.05) is 37.0 Å². The van der Waals surface area contributed by atoms with E-state index in [2.05, 4.69) is 25.5 Å². The van der Waals surface area contributed by atoms with Gasteiger partial charge < -0.3 is 20.3 Å². The number of hydrogen-bond donors (Lipinski definition) is 2. The molecule has 0 spiro atoms. The zero-order valence-electron chi connectivity index (χ0n) is 19.1. The van der Waals surface area contributed by atoms with Gasteiger partial charge in [-0.3, -0.25) is 4.98 Å². The number of rotatable bonds is 6. The number of ether oxygens (including phenoxy) is 1. The van der Waals surface area contributed by atoms with Crippen molar-refractivity contribution in [1.82, 2.24) is 25.3 Å². The van der Waals surface area contributed by atoms with Gasteiger partial charge in [-0.1, -0.05) is 18.2 Å². The molecule has 0 radical (unpaired) electrons. The summed E-state index contributed by atoms with van der Waals surface area (Å²) in [5, 5.41) is 7.96. The first-order valence-corrected chi connectivity index (χ1v) is 11.7. The molecule has 1 aromatic carbocycles. The van der Waals surface area contributed by atoms with Gasteiger partial charge in [0.1, 0.15) is 17.4 Å². The van der Waals surface area contributed by atoms with Gasteiger partial charge in [0, 0.05) is 43.1 Å². The van der Waals surface area contributed by atoms with Crippen LogP contribution in [0.1, 0.15) is 12.8 Å². The highest BCUT2D eigenvalue weighted by Gasteiger charge is 2.35. The molecule has 1 aliphatic carbocycles. The molecule has 4 heterocycles. The Labute approximate surface area is 198 Å². The number of nitrogens with one attached hydrogen (secondary N) is 2. The lowest BCUT2D eigenvalue weighted by molar-refractivity contribution is 0.413. The monoisotopic (exact) mass is 453 g/mol. The zero-order valence-corrected chi connectivity index (χ0v) is 19.1. The van der Waals surface area contributed by atoms with E-state index in [1.54, 1.807) is 25.7 Å². The van der Waals surface area contributed by atoms with Crippen molar-refractivity contribution >= 4 is 28.2 Å². The first-order valence-electron chi connectivity index (χ1n) is 11.7. The summed E-state index contributed by atoms with van der Waals surface area (Å²) in [6.45, 7) is 2.76. The number of aromatic nitrogens is 4. The van der Waals surface area contributed by atoms with Crippen LogP contribution < -0.4 is 20.3 Å². The van der Waals surface area contributed by atoms with Crippen molar-refractivity contribution in [2.24, 2.45) is 5.92 Å². The smallest absolute Gasteiger partial charge is 0.162 e. The van der Waals surface area contributed by atoms with E-state index in [9.17, 15) is 0 Å². The van der Waals surface area contributed by atoms with Crippen molar-refractivity contribution in [3.05, 3.63) is 61.1 Å². The van der Waals surface area contributed by atoms with E-state index in [1.807, 2.05) is 42.5 Å². The summed E-state index contributed by atoms with van der Waals surface area (Å²) in [5.74, 6) is 3.76. The summed E-state index contributed by atoms with van der Waals surface area (Å²) in [4.78, 5) is 21.2. The summed E-state index contributed by atoms with van der Waals surface area (Å²) in [6.07, 6.45) is 7.93. The minimum absolute atomic E-state index is 0.498. The van der Waals surface area contributed by atoms with Gasteiger partial charge in [0.25, 0.3) is 0 Å². The van der Waals surface area contributed by atoms with Gasteiger partial charge in [0.15, 0.2) is 5.82 Å². The maximum Gasteiger partial charge on any atom is 0.162 e. The van der Waals surface area contributed by atoms with Gasteiger partial charge in [-0.05, 0) is 43.0 Å². The molecule has 1 atom stereocenters. The Kier molecular flexibility index (Phi) is 5.43. The third-order valence-corrected chi connectivity index (χ3v) is 6.53. The van der Waals surface area contributed by atoms with Crippen LogP contribution in [0.25, 0.3) is 22.3 Å². The van der Waals surface area contributed by atoms with E-state index in [1.165, 1.54) is 12.8 Å². The van der Waals surface area contributed by atoms with Gasteiger partial charge in [-0.2, -0.15) is 0 Å². The summed E-state index contributed by atoms with van der Waals surface area (Å²) >= 11 is 0. The minimum Gasteiger partial charge on any atom is -0.494 e. The van der Waals surface area contributed by atoms with Gasteiger partial charge >= 0.3 is 0 Å². The van der Waals surface area contributed by atoms with Gasteiger partial charge in [0.05, 0.1) is 30.4 Å². The molecule has 8 nitrogen and oxygen atoms in total. The molecule has 3 aromatic heterocycles. The lowest BCUT2D eigenvalue weighted by Gasteiger charge is -2.35. The molecular formula is C26H27N7O. The first kappa shape index (κ1) is 20.8. The number of pyridine rings is 2. The largest absolute Gasteiger partial charge is 0.494 e. The molecule has 0 amide bonds. The summed E-state index contributed by atoms with van der Waals surface area (Å²) in [5.41, 5.74) is 2.65. The Balaban J connectivity index is 1.42. The number of hydrogen-bond acceptors (Lipinski definition) is 8. The molecule has 6 rings (SSSR count). The summed E-state index contributed by atoms with van der Waals surface area (Å²) in [6, 6.07) is 14.4. The topological polar surface area (TPSA) is 88.1 Å². The van der Waals surface area contributed by atoms with Crippen LogP contribution in [0.2, 0.25) is 0 Å². The number of fused-ring (bicyclic) bond motifs is 1. The van der Waals surface area contributed by atoms with Crippen molar-refractivity contribution in [2.45, 2.75) is 18.9 Å². The molecular weight excluding hydrogens is 426 g/mol. The van der Waals surface area contributed by atoms with Crippen molar-refractivity contribution in [1.29, 1.82) is 0 Å². The maximum absolute atomic E-state index is 5.67. The van der Waals surface area contributed by atoms with Gasteiger partial charge in [-0.25, -0.2) is 15.0 Å². The Morgan fingerprint density at radius 3 is 2.79 bits per heavy atom. The van der Waals surface area contributed by atoms with Crippen LogP contribution in [-0.4, -0.2) is 52.7 Å². The van der Waals surface area contributed by atoms with E-state index in [4.69, 9.17) is 14.7 Å². The molecule has 172 valence electrons. The first-order chi connectivity index (χ1) is 16.8. The third-order valence-electron chi connectivity index (χ3n) is 6.53. The van der Waals surface area contributed by atoms with Crippen LogP contribution >= 0.6 is 0 Å². The quantitative estimate of drug-likeness (QED) is 0.453. The highest BCUT2D eigenvalue weighted by atomic mass is 16.5. The van der Waals surface area contributed by atoms with E-state index in [0.29, 0.717) is 17.6 Å². The fourth-order valence-corrected chi connectivity index (χ4v) is 4.64. The normalized spacial score (nSPS) is 18.1. The molecule has 1 aliphatic heterocycles. The van der Waals surface area contributed by atoms with E-state index >= 15 is 0 Å². The predicted molar refractivity (Wildman–Crippen MR) is 134 cm³/mol. The number of anilines is 3. The summed E-state index contributed by atoms with van der Waals surface area (Å²) in [7, 11) is 1.67. The van der Waals surface area contributed by atoms with E-state index in [0.717, 1.165) is 59.3 Å². The third kappa shape index (κ3) is 4.12. The Morgan fingerprint density at radius 2 is 1.97 bits per heavy atom. The van der Waals surface area contributed by atoms with Crippen molar-refractivity contribution < 1.29 is 4.74 Å². The molecule has 4 aromatic rings. The van der Waals surface area contributed by atoms with Crippen molar-refractivity contribution in [3.63, 3.8) is 0 Å². The number of para-hydroxylation sites is 1. The highest BCUT2D eigenvalue weighted by molar-refractivity contribution is 5.95. The van der Waals surface area contributed by atoms with Crippen LogP contribution in [0.3, 0.4) is 0 Å². The van der Waals surface area contributed by atoms with Gasteiger partial charge in [0.2, 0.25) is 0 Å². The van der Waals surface area contributed by atoms with Crippen molar-refractivity contribution in [3.8, 4) is 17.1 Å². The zero-order chi connectivity index (χ0) is 22.9. The van der Waals surface area contributed by atoms with Crippen LogP contribution in [0.15, 0.2) is 61.1 Å². The van der Waals surface area contributed by atoms with Crippen LogP contribution in [0, 0.1) is 5.92 Å². The fourth-order valence-electron chi connectivity index (χ4n) is 4.64. The second-order valence-corrected chi connectivity index (χ2v) is 8.87. The number of methoxy groups -OCH3 is 1. The Bertz CT molecular complexity index is 1310. The number of piperazine rings is 1. The second-order valence-electron chi connectivity index (χ2n) is 8.87. The average molecular weight is 454 g/mol. The molecule has 2 aliphatic rings. The molecule has 8 heteroatoms. The van der Waals surface area contributed by atoms with Crippen LogP contribution in [0.4, 0.5) is 17.3 Å². The molecule has 1 saturated heterocycles. The van der Waals surface area contributed by atoms with Gasteiger partial charge in [-0.15, -0.1) is 0 Å². The molecule has 0 bridgehead atoms. The lowest BCUT2D eigenvalue weighted by atomic mass is 10.1. The standard InChI is InChI=1S/C26H27N7O/c1-34-22-15-27-14-20-24(22)26(33-12-11-28-21(16-33)17-7-8-17)32-25(31-20)18-9-10-29-23(13-18)30-19-5-3-2-4-6-19/h2-6,9-10,13-15,17,21,28H,7-8,11-12,16H2,1H3,(H,29,30). The molecule has 1 saturated carbocycles. The highest BCUT2D eigenvalue weighted by Crippen LogP contribution is 2.37. The SMILES string of the molecule is COc1cncc2nc(-c3ccnc(Nc4ccccc4)c3)nc(N3CCNC(C4CC4)C3)c12. The molecule has 2 fully saturated rings. The number of nitrogens with zero attached hydrogens (tertiary/aromatic N) is 5. The Hall–Kier alpha value is -3.78. The maximum atomic E-state index is 5.67. The van der Waals surface area contributed by atoms with E-state index < -0.39 is 0 Å². The minimum atomic E-state index is 0.498. The Morgan fingerprint density at radius 1 is 1.09 bits per heavy atom. The lowest BCUT2D eigenvalue weighted by Crippen LogP contribution is -2.52. The van der Waals surface area contributed by atoms with Crippen LogP contribution in [-0.2, 0) is 0 Å². The average Bonchev–Trinajstić information content (AvgIpc) is 3.74.